The predicted octanol–water partition coefficient (Wildman–Crippen LogP) is 6.96. The molecule has 0 aliphatic rings. The van der Waals surface area contributed by atoms with Gasteiger partial charge in [0.15, 0.2) is 5.82 Å². The first-order valence-electron chi connectivity index (χ1n) is 10.2. The van der Waals surface area contributed by atoms with Crippen LogP contribution in [0.3, 0.4) is 0 Å². The fourth-order valence-electron chi connectivity index (χ4n) is 3.42. The molecule has 33 heavy (non-hydrogen) atoms. The van der Waals surface area contributed by atoms with Crippen molar-refractivity contribution < 1.29 is 17.6 Å². The molecule has 0 bridgehead atoms. The molecule has 1 aromatic heterocycles. The fraction of sp³-hybridized carbons (Fsp3) is 0.250. The van der Waals surface area contributed by atoms with E-state index in [1.165, 1.54) is 5.56 Å². The molecular weight excluding hydrogens is 434 g/mol. The summed E-state index contributed by atoms with van der Waals surface area (Å²) < 4.78 is 52.9. The Hall–Kier alpha value is -3.80. The van der Waals surface area contributed by atoms with Gasteiger partial charge in [0.05, 0.1) is 22.5 Å². The lowest BCUT2D eigenvalue weighted by molar-refractivity contribution is -0.137. The molecule has 5 nitrogen and oxygen atoms in total. The van der Waals surface area contributed by atoms with E-state index in [0.717, 1.165) is 30.5 Å². The number of benzene rings is 2. The molecule has 0 amide bonds. The maximum atomic E-state index is 13.3. The number of hydrogen-bond donors (Lipinski definition) is 1. The molecular formula is C24H21F4N5. The van der Waals surface area contributed by atoms with E-state index >= 15 is 0 Å². The maximum Gasteiger partial charge on any atom is 0.418 e. The highest BCUT2D eigenvalue weighted by Gasteiger charge is 2.34. The maximum absolute atomic E-state index is 13.3. The molecule has 0 spiro atoms. The van der Waals surface area contributed by atoms with Gasteiger partial charge in [0, 0.05) is 6.42 Å². The van der Waals surface area contributed by atoms with Crippen LogP contribution in [-0.4, -0.2) is 4.98 Å². The van der Waals surface area contributed by atoms with Crippen molar-refractivity contribution in [1.82, 2.24) is 4.98 Å². The van der Waals surface area contributed by atoms with Crippen molar-refractivity contribution in [2.24, 2.45) is 10.2 Å². The third kappa shape index (κ3) is 5.52. The summed E-state index contributed by atoms with van der Waals surface area (Å²) in [7, 11) is 0. The number of nitrogen functional groups attached to an aromatic ring is 1. The zero-order valence-corrected chi connectivity index (χ0v) is 18.0. The number of nitriles is 1. The molecule has 0 atom stereocenters. The third-order valence-corrected chi connectivity index (χ3v) is 5.08. The normalized spacial score (nSPS) is 11.7. The second-order valence-electron chi connectivity index (χ2n) is 7.51. The van der Waals surface area contributed by atoms with Crippen LogP contribution in [-0.2, 0) is 19.0 Å². The van der Waals surface area contributed by atoms with Crippen molar-refractivity contribution >= 4 is 17.2 Å². The van der Waals surface area contributed by atoms with E-state index in [1.54, 1.807) is 6.92 Å². The van der Waals surface area contributed by atoms with Gasteiger partial charge in [-0.2, -0.15) is 18.4 Å². The lowest BCUT2D eigenvalue weighted by Crippen LogP contribution is -2.06. The fourth-order valence-corrected chi connectivity index (χ4v) is 3.42. The first-order valence-corrected chi connectivity index (χ1v) is 10.2. The van der Waals surface area contributed by atoms with Crippen molar-refractivity contribution in [2.75, 3.05) is 5.73 Å². The monoisotopic (exact) mass is 455 g/mol. The van der Waals surface area contributed by atoms with Gasteiger partial charge in [0.2, 0.25) is 0 Å². The molecule has 0 saturated heterocycles. The van der Waals surface area contributed by atoms with Gasteiger partial charge in [0.25, 0.3) is 0 Å². The van der Waals surface area contributed by atoms with Crippen LogP contribution in [0.25, 0.3) is 0 Å². The second kappa shape index (κ2) is 9.77. The van der Waals surface area contributed by atoms with Crippen LogP contribution in [0.5, 0.6) is 0 Å². The van der Waals surface area contributed by atoms with E-state index in [9.17, 15) is 22.8 Å². The molecule has 0 fully saturated rings. The van der Waals surface area contributed by atoms with Gasteiger partial charge in [-0.1, -0.05) is 37.6 Å². The summed E-state index contributed by atoms with van der Waals surface area (Å²) >= 11 is 0. The first kappa shape index (κ1) is 23.9. The van der Waals surface area contributed by atoms with Crippen LogP contribution in [0.4, 0.5) is 34.8 Å². The largest absolute Gasteiger partial charge is 0.418 e. The lowest BCUT2D eigenvalue weighted by atomic mass is 9.99. The Morgan fingerprint density at radius 2 is 1.73 bits per heavy atom. The molecule has 2 aromatic carbocycles. The van der Waals surface area contributed by atoms with Crippen LogP contribution in [0.15, 0.2) is 52.7 Å². The molecule has 3 aromatic rings. The highest BCUT2D eigenvalue weighted by Crippen LogP contribution is 2.38. The molecule has 0 radical (unpaired) electrons. The summed E-state index contributed by atoms with van der Waals surface area (Å²) in [5.74, 6) is -1.11. The first-order chi connectivity index (χ1) is 15.6. The summed E-state index contributed by atoms with van der Waals surface area (Å²) in [6.45, 7) is 3.68. The second-order valence-corrected chi connectivity index (χ2v) is 7.51. The number of halogens is 4. The number of anilines is 1. The number of azo groups is 1. The van der Waals surface area contributed by atoms with Gasteiger partial charge in [0.1, 0.15) is 17.6 Å². The highest BCUT2D eigenvalue weighted by atomic mass is 19.4. The Labute approximate surface area is 188 Å². The molecule has 0 unspecified atom stereocenters. The minimum atomic E-state index is -4.82. The van der Waals surface area contributed by atoms with Crippen molar-refractivity contribution in [3.63, 3.8) is 0 Å². The topological polar surface area (TPSA) is 87.4 Å². The van der Waals surface area contributed by atoms with E-state index in [-0.39, 0.29) is 17.1 Å². The number of pyridine rings is 1. The lowest BCUT2D eigenvalue weighted by Gasteiger charge is -2.12. The Morgan fingerprint density at radius 3 is 2.33 bits per heavy atom. The quantitative estimate of drug-likeness (QED) is 0.322. The number of hydrogen-bond acceptors (Lipinski definition) is 5. The van der Waals surface area contributed by atoms with Crippen molar-refractivity contribution in [1.29, 1.82) is 5.26 Å². The van der Waals surface area contributed by atoms with Crippen LogP contribution >= 0.6 is 0 Å². The van der Waals surface area contributed by atoms with Gasteiger partial charge >= 0.3 is 6.18 Å². The SMILES string of the molecule is CCCc1ccc(Cc2nc(N)c(N=Nc3ccc(F)cc3C(F)(F)F)c(C)c2C#N)cc1. The molecule has 0 aliphatic heterocycles. The van der Waals surface area contributed by atoms with Crippen molar-refractivity contribution in [3.05, 3.63) is 81.8 Å². The van der Waals surface area contributed by atoms with E-state index in [4.69, 9.17) is 5.73 Å². The average Bonchev–Trinajstić information content (AvgIpc) is 2.75. The number of nitrogens with two attached hydrogens (primary N) is 1. The number of rotatable bonds is 6. The molecule has 0 aliphatic carbocycles. The van der Waals surface area contributed by atoms with Crippen molar-refractivity contribution in [2.45, 2.75) is 39.3 Å². The predicted molar refractivity (Wildman–Crippen MR) is 117 cm³/mol. The Bertz CT molecular complexity index is 1230. The Kier molecular flexibility index (Phi) is 7.07. The van der Waals surface area contributed by atoms with Gasteiger partial charge in [-0.25, -0.2) is 9.37 Å². The van der Waals surface area contributed by atoms with Crippen molar-refractivity contribution in [3.8, 4) is 6.07 Å². The molecule has 170 valence electrons. The Balaban J connectivity index is 1.97. The van der Waals surface area contributed by atoms with E-state index in [0.29, 0.717) is 23.7 Å². The van der Waals surface area contributed by atoms with Crippen LogP contribution < -0.4 is 5.73 Å². The minimum absolute atomic E-state index is 0.00829. The number of aromatic nitrogens is 1. The molecule has 2 N–H and O–H groups in total. The van der Waals surface area contributed by atoms with Gasteiger partial charge in [-0.3, -0.25) is 0 Å². The minimum Gasteiger partial charge on any atom is -0.382 e. The number of alkyl halides is 3. The zero-order valence-electron chi connectivity index (χ0n) is 18.0. The zero-order chi connectivity index (χ0) is 24.2. The summed E-state index contributed by atoms with van der Waals surface area (Å²) in [5, 5.41) is 17.1. The van der Waals surface area contributed by atoms with Crippen LogP contribution in [0.2, 0.25) is 0 Å². The van der Waals surface area contributed by atoms with Gasteiger partial charge < -0.3 is 5.73 Å². The van der Waals surface area contributed by atoms with Crippen LogP contribution in [0, 0.1) is 24.1 Å². The number of aryl methyl sites for hydroxylation is 1. The highest BCUT2D eigenvalue weighted by molar-refractivity contribution is 5.67. The molecule has 1 heterocycles. The van der Waals surface area contributed by atoms with E-state index in [1.807, 2.05) is 24.3 Å². The molecule has 9 heteroatoms. The summed E-state index contributed by atoms with van der Waals surface area (Å²) in [4.78, 5) is 4.28. The third-order valence-electron chi connectivity index (χ3n) is 5.08. The standard InChI is InChI=1S/C24H21F4N5/c1-3-4-15-5-7-16(8-6-15)11-21-18(13-29)14(2)22(23(30)31-21)33-32-20-10-9-17(25)12-19(20)24(26,27)28/h5-10,12H,3-4,11H2,1-2H3,(H2,30,31). The van der Waals surface area contributed by atoms with E-state index < -0.39 is 23.2 Å². The number of nitrogens with zero attached hydrogens (tertiary/aromatic N) is 4. The average molecular weight is 455 g/mol. The van der Waals surface area contributed by atoms with E-state index in [2.05, 4.69) is 28.2 Å². The van der Waals surface area contributed by atoms with Gasteiger partial charge in [-0.05, 0) is 48.2 Å². The van der Waals surface area contributed by atoms with Crippen LogP contribution in [0.1, 0.15) is 46.9 Å². The Morgan fingerprint density at radius 1 is 1.06 bits per heavy atom. The molecule has 0 saturated carbocycles. The molecule has 3 rings (SSSR count). The smallest absolute Gasteiger partial charge is 0.382 e. The summed E-state index contributed by atoms with van der Waals surface area (Å²) in [6, 6.07) is 12.1. The summed E-state index contributed by atoms with van der Waals surface area (Å²) in [6.07, 6.45) is -2.46. The summed E-state index contributed by atoms with van der Waals surface area (Å²) in [5.41, 5.74) is 7.33. The van der Waals surface area contributed by atoms with Gasteiger partial charge in [-0.15, -0.1) is 10.2 Å².